The number of nitrogens with two attached hydrogens (primary N) is 1. The molecule has 0 aliphatic heterocycles. The van der Waals surface area contributed by atoms with Gasteiger partial charge < -0.3 is 15.6 Å². The maximum atomic E-state index is 13.1. The average Bonchev–Trinajstić information content (AvgIpc) is 3.24. The molecular weight excluding hydrogens is 417 g/mol. The number of nitrogens with zero attached hydrogens (tertiary/aromatic N) is 5. The van der Waals surface area contributed by atoms with Crippen molar-refractivity contribution in [2.45, 2.75) is 24.9 Å². The highest BCUT2D eigenvalue weighted by molar-refractivity contribution is 7.97. The summed E-state index contributed by atoms with van der Waals surface area (Å²) in [6.07, 6.45) is 0.983. The Bertz CT molecular complexity index is 1150. The van der Waals surface area contributed by atoms with E-state index < -0.39 is 0 Å². The normalized spacial score (nSPS) is 10.9. The van der Waals surface area contributed by atoms with Crippen LogP contribution in [-0.4, -0.2) is 25.1 Å². The summed E-state index contributed by atoms with van der Waals surface area (Å²) in [7, 11) is 0. The third-order valence-corrected chi connectivity index (χ3v) is 5.26. The minimum atomic E-state index is -0.319. The summed E-state index contributed by atoms with van der Waals surface area (Å²) in [5, 5.41) is 7.04. The van der Waals surface area contributed by atoms with Crippen molar-refractivity contribution in [1.29, 1.82) is 0 Å². The van der Waals surface area contributed by atoms with Crippen molar-refractivity contribution in [3.05, 3.63) is 71.6 Å². The molecule has 0 saturated heterocycles. The predicted molar refractivity (Wildman–Crippen MR) is 118 cm³/mol. The molecule has 3 N–H and O–H groups in total. The van der Waals surface area contributed by atoms with Crippen LogP contribution in [0.3, 0.4) is 0 Å². The van der Waals surface area contributed by atoms with Gasteiger partial charge in [-0.05, 0) is 36.2 Å². The molecule has 0 aliphatic carbocycles. The second-order valence-corrected chi connectivity index (χ2v) is 7.61. The van der Waals surface area contributed by atoms with Crippen LogP contribution < -0.4 is 11.1 Å². The number of anilines is 3. The predicted octanol–water partition coefficient (Wildman–Crippen LogP) is 4.38. The van der Waals surface area contributed by atoms with Gasteiger partial charge in [0.25, 0.3) is 0 Å². The van der Waals surface area contributed by atoms with Crippen molar-refractivity contribution in [2.24, 2.45) is 0 Å². The molecule has 10 heteroatoms. The van der Waals surface area contributed by atoms with Crippen molar-refractivity contribution in [2.75, 3.05) is 11.1 Å². The Labute approximate surface area is 182 Å². The average molecular weight is 438 g/mol. The third-order valence-electron chi connectivity index (χ3n) is 4.34. The standard InChI is InChI=1S/C21H20FN7OS/c1-2-13-3-5-14(6-4-13)19-27-18(30-29-19)12-31-11-17-25-20(23)28-21(26-17)24-16-9-7-15(22)8-10-16/h3-10H,2,11-12H2,1H3,(H3,23,24,25,26,28). The topological polar surface area (TPSA) is 116 Å². The number of halogens is 1. The second kappa shape index (κ2) is 9.52. The Morgan fingerprint density at radius 1 is 0.968 bits per heavy atom. The summed E-state index contributed by atoms with van der Waals surface area (Å²) < 4.78 is 18.4. The molecule has 0 aliphatic rings. The first-order valence-electron chi connectivity index (χ1n) is 9.61. The fourth-order valence-corrected chi connectivity index (χ4v) is 3.48. The molecule has 4 aromatic rings. The van der Waals surface area contributed by atoms with Gasteiger partial charge in [-0.25, -0.2) is 4.39 Å². The molecular formula is C21H20FN7OS. The minimum Gasteiger partial charge on any atom is -0.368 e. The number of aryl methyl sites for hydroxylation is 1. The number of nitrogens with one attached hydrogen (secondary N) is 1. The van der Waals surface area contributed by atoms with Crippen molar-refractivity contribution in [3.8, 4) is 11.4 Å². The molecule has 0 amide bonds. The monoisotopic (exact) mass is 437 g/mol. The number of rotatable bonds is 8. The van der Waals surface area contributed by atoms with E-state index in [4.69, 9.17) is 10.3 Å². The molecule has 2 aromatic heterocycles. The van der Waals surface area contributed by atoms with E-state index in [2.05, 4.69) is 49.5 Å². The lowest BCUT2D eigenvalue weighted by atomic mass is 10.1. The van der Waals surface area contributed by atoms with E-state index in [1.165, 1.54) is 29.5 Å². The molecule has 0 fully saturated rings. The molecule has 0 saturated carbocycles. The molecule has 2 heterocycles. The third kappa shape index (κ3) is 5.54. The van der Waals surface area contributed by atoms with Crippen molar-refractivity contribution in [1.82, 2.24) is 25.1 Å². The van der Waals surface area contributed by atoms with Crippen molar-refractivity contribution < 1.29 is 8.91 Å². The summed E-state index contributed by atoms with van der Waals surface area (Å²) in [4.78, 5) is 17.0. The summed E-state index contributed by atoms with van der Waals surface area (Å²) in [6, 6.07) is 14.0. The lowest BCUT2D eigenvalue weighted by Crippen LogP contribution is -2.06. The maximum Gasteiger partial charge on any atom is 0.236 e. The van der Waals surface area contributed by atoms with Crippen molar-refractivity contribution in [3.63, 3.8) is 0 Å². The van der Waals surface area contributed by atoms with Gasteiger partial charge in [0.2, 0.25) is 23.6 Å². The van der Waals surface area contributed by atoms with E-state index >= 15 is 0 Å². The Hall–Kier alpha value is -3.53. The molecule has 0 radical (unpaired) electrons. The van der Waals surface area contributed by atoms with Crippen LogP contribution in [0, 0.1) is 5.82 Å². The Balaban J connectivity index is 1.35. The first-order chi connectivity index (χ1) is 15.1. The highest BCUT2D eigenvalue weighted by atomic mass is 32.2. The Morgan fingerprint density at radius 3 is 2.48 bits per heavy atom. The van der Waals surface area contributed by atoms with Gasteiger partial charge in [0.05, 0.1) is 11.5 Å². The van der Waals surface area contributed by atoms with Crippen LogP contribution in [0.4, 0.5) is 22.0 Å². The van der Waals surface area contributed by atoms with E-state index in [-0.39, 0.29) is 11.8 Å². The molecule has 0 atom stereocenters. The summed E-state index contributed by atoms with van der Waals surface area (Å²) in [6.45, 7) is 2.11. The van der Waals surface area contributed by atoms with E-state index in [0.29, 0.717) is 40.7 Å². The van der Waals surface area contributed by atoms with Crippen molar-refractivity contribution >= 4 is 29.3 Å². The molecule has 0 bridgehead atoms. The second-order valence-electron chi connectivity index (χ2n) is 6.62. The Kier molecular flexibility index (Phi) is 6.37. The van der Waals surface area contributed by atoms with Crippen LogP contribution >= 0.6 is 11.8 Å². The van der Waals surface area contributed by atoms with E-state index in [1.807, 2.05) is 12.1 Å². The first kappa shape index (κ1) is 20.7. The molecule has 4 rings (SSSR count). The lowest BCUT2D eigenvalue weighted by Gasteiger charge is -2.07. The van der Waals surface area contributed by atoms with Crippen LogP contribution in [0.2, 0.25) is 0 Å². The zero-order valence-corrected chi connectivity index (χ0v) is 17.6. The SMILES string of the molecule is CCc1ccc(-c2noc(CSCc3nc(N)nc(Nc4ccc(F)cc4)n3)n2)cc1. The molecule has 0 spiro atoms. The van der Waals surface area contributed by atoms with Crippen LogP contribution in [0.5, 0.6) is 0 Å². The van der Waals surface area contributed by atoms with Gasteiger partial charge in [0, 0.05) is 11.3 Å². The van der Waals surface area contributed by atoms with Gasteiger partial charge in [-0.3, -0.25) is 0 Å². The summed E-state index contributed by atoms with van der Waals surface area (Å²) in [5.41, 5.74) is 8.62. The fourth-order valence-electron chi connectivity index (χ4n) is 2.77. The number of hydrogen-bond donors (Lipinski definition) is 2. The first-order valence-corrected chi connectivity index (χ1v) is 10.8. The van der Waals surface area contributed by atoms with E-state index in [9.17, 15) is 4.39 Å². The molecule has 2 aromatic carbocycles. The van der Waals surface area contributed by atoms with Gasteiger partial charge in [0.15, 0.2) is 0 Å². The van der Waals surface area contributed by atoms with E-state index in [0.717, 1.165) is 12.0 Å². The zero-order valence-electron chi connectivity index (χ0n) is 16.7. The number of nitrogen functional groups attached to an aromatic ring is 1. The highest BCUT2D eigenvalue weighted by Crippen LogP contribution is 2.21. The number of thioether (sulfide) groups is 1. The number of benzene rings is 2. The lowest BCUT2D eigenvalue weighted by molar-refractivity contribution is 0.391. The molecule has 8 nitrogen and oxygen atoms in total. The molecule has 158 valence electrons. The van der Waals surface area contributed by atoms with Crippen LogP contribution in [0.15, 0.2) is 53.1 Å². The van der Waals surface area contributed by atoms with Gasteiger partial charge in [-0.2, -0.15) is 19.9 Å². The van der Waals surface area contributed by atoms with Crippen LogP contribution in [-0.2, 0) is 17.9 Å². The van der Waals surface area contributed by atoms with Gasteiger partial charge >= 0.3 is 0 Å². The minimum absolute atomic E-state index is 0.103. The fraction of sp³-hybridized carbons (Fsp3) is 0.190. The largest absolute Gasteiger partial charge is 0.368 e. The highest BCUT2D eigenvalue weighted by Gasteiger charge is 2.10. The van der Waals surface area contributed by atoms with E-state index in [1.54, 1.807) is 12.1 Å². The van der Waals surface area contributed by atoms with Gasteiger partial charge in [-0.1, -0.05) is 36.3 Å². The summed E-state index contributed by atoms with van der Waals surface area (Å²) in [5.74, 6) is 2.66. The molecule has 31 heavy (non-hydrogen) atoms. The van der Waals surface area contributed by atoms with Crippen LogP contribution in [0.25, 0.3) is 11.4 Å². The smallest absolute Gasteiger partial charge is 0.236 e. The zero-order chi connectivity index (χ0) is 21.6. The number of hydrogen-bond acceptors (Lipinski definition) is 9. The molecule has 0 unspecified atom stereocenters. The Morgan fingerprint density at radius 2 is 1.74 bits per heavy atom. The van der Waals surface area contributed by atoms with Crippen LogP contribution in [0.1, 0.15) is 24.2 Å². The van der Waals surface area contributed by atoms with Gasteiger partial charge in [-0.15, -0.1) is 11.8 Å². The van der Waals surface area contributed by atoms with Gasteiger partial charge in [0.1, 0.15) is 11.6 Å². The maximum absolute atomic E-state index is 13.1. The quantitative estimate of drug-likeness (QED) is 0.414. The number of aromatic nitrogens is 5. The summed E-state index contributed by atoms with van der Waals surface area (Å²) >= 11 is 1.52.